The molecule has 8 nitrogen and oxygen atoms in total. The van der Waals surface area contributed by atoms with Crippen LogP contribution in [0.4, 0.5) is 11.4 Å². The number of anilines is 2. The van der Waals surface area contributed by atoms with Gasteiger partial charge in [0.05, 0.1) is 24.0 Å². The fourth-order valence-corrected chi connectivity index (χ4v) is 4.48. The van der Waals surface area contributed by atoms with Gasteiger partial charge in [0.25, 0.3) is 11.8 Å². The van der Waals surface area contributed by atoms with Crippen LogP contribution in [-0.4, -0.2) is 61.1 Å². The Morgan fingerprint density at radius 3 is 2.16 bits per heavy atom. The van der Waals surface area contributed by atoms with Crippen molar-refractivity contribution in [2.45, 2.75) is 13.8 Å². The molecular weight excluding hydrogens is 500 g/mol. The monoisotopic (exact) mass is 530 g/mol. The zero-order valence-electron chi connectivity index (χ0n) is 21.6. The maximum atomic E-state index is 12.9. The summed E-state index contributed by atoms with van der Waals surface area (Å²) in [5.74, 6) is -0.813. The maximum Gasteiger partial charge on any atom is 0.337 e. The largest absolute Gasteiger partial charge is 0.465 e. The quantitative estimate of drug-likeness (QED) is 0.378. The van der Waals surface area contributed by atoms with Crippen LogP contribution in [0, 0.1) is 13.8 Å². The van der Waals surface area contributed by atoms with Gasteiger partial charge in [-0.1, -0.05) is 24.3 Å². The van der Waals surface area contributed by atoms with Gasteiger partial charge in [-0.3, -0.25) is 14.9 Å². The number of methoxy groups -OCH3 is 1. The van der Waals surface area contributed by atoms with Gasteiger partial charge in [-0.25, -0.2) is 4.79 Å². The van der Waals surface area contributed by atoms with E-state index in [9.17, 15) is 14.4 Å². The fraction of sp³-hybridized carbons (Fsp3) is 0.241. The van der Waals surface area contributed by atoms with E-state index in [0.29, 0.717) is 48.6 Å². The van der Waals surface area contributed by atoms with Gasteiger partial charge in [-0.15, -0.1) is 0 Å². The summed E-state index contributed by atoms with van der Waals surface area (Å²) in [6, 6.07) is 19.8. The van der Waals surface area contributed by atoms with Gasteiger partial charge >= 0.3 is 5.97 Å². The van der Waals surface area contributed by atoms with Crippen molar-refractivity contribution in [3.05, 3.63) is 94.5 Å². The minimum Gasteiger partial charge on any atom is -0.465 e. The van der Waals surface area contributed by atoms with Crippen molar-refractivity contribution in [2.75, 3.05) is 43.5 Å². The minimum absolute atomic E-state index is 0.000120. The molecule has 2 amide bonds. The molecule has 1 heterocycles. The summed E-state index contributed by atoms with van der Waals surface area (Å²) in [5.41, 5.74) is 4.97. The number of hydrogen-bond acceptors (Lipinski definition) is 6. The lowest BCUT2D eigenvalue weighted by Crippen LogP contribution is -2.49. The molecule has 9 heteroatoms. The summed E-state index contributed by atoms with van der Waals surface area (Å²) in [6.07, 6.45) is 0. The molecule has 196 valence electrons. The standard InChI is InChI=1S/C29H30N4O4S/c1-19-9-10-22(17-20(19)2)26(34)31-29(38)30-24-18-23(28(36)37-3)11-12-25(24)32-13-15-33(16-14-32)27(35)21-7-5-4-6-8-21/h4-12,17-18H,13-16H2,1-3H3,(H2,30,31,34,38). The molecule has 0 bridgehead atoms. The number of amides is 2. The predicted octanol–water partition coefficient (Wildman–Crippen LogP) is 4.18. The Kier molecular flexibility index (Phi) is 8.38. The Bertz CT molecular complexity index is 1370. The number of aryl methyl sites for hydroxylation is 2. The van der Waals surface area contributed by atoms with Crippen LogP contribution in [0.2, 0.25) is 0 Å². The number of esters is 1. The lowest BCUT2D eigenvalue weighted by atomic mass is 10.1. The van der Waals surface area contributed by atoms with Gasteiger partial charge in [0.2, 0.25) is 0 Å². The molecule has 0 saturated carbocycles. The van der Waals surface area contributed by atoms with Gasteiger partial charge < -0.3 is 19.9 Å². The molecule has 0 aliphatic carbocycles. The Morgan fingerprint density at radius 1 is 0.816 bits per heavy atom. The molecule has 0 spiro atoms. The summed E-state index contributed by atoms with van der Waals surface area (Å²) < 4.78 is 4.88. The van der Waals surface area contributed by atoms with Gasteiger partial charge in [0.1, 0.15) is 0 Å². The number of ether oxygens (including phenoxy) is 1. The first kappa shape index (κ1) is 26.8. The number of rotatable bonds is 5. The van der Waals surface area contributed by atoms with Crippen molar-refractivity contribution in [1.82, 2.24) is 10.2 Å². The first-order chi connectivity index (χ1) is 18.3. The molecule has 1 aliphatic rings. The third-order valence-corrected chi connectivity index (χ3v) is 6.79. The van der Waals surface area contributed by atoms with Crippen molar-refractivity contribution in [3.8, 4) is 0 Å². The molecule has 2 N–H and O–H groups in total. The van der Waals surface area contributed by atoms with Gasteiger partial charge in [0.15, 0.2) is 5.11 Å². The minimum atomic E-state index is -0.483. The number of thiocarbonyl (C=S) groups is 1. The van der Waals surface area contributed by atoms with Crippen molar-refractivity contribution < 1.29 is 19.1 Å². The summed E-state index contributed by atoms with van der Waals surface area (Å²) >= 11 is 5.45. The summed E-state index contributed by atoms with van der Waals surface area (Å²) in [5, 5.41) is 5.91. The average molecular weight is 531 g/mol. The highest BCUT2D eigenvalue weighted by molar-refractivity contribution is 7.80. The topological polar surface area (TPSA) is 91.0 Å². The lowest BCUT2D eigenvalue weighted by Gasteiger charge is -2.37. The zero-order chi connectivity index (χ0) is 27.2. The Morgan fingerprint density at radius 2 is 1.50 bits per heavy atom. The first-order valence-electron chi connectivity index (χ1n) is 12.3. The molecule has 1 fully saturated rings. The highest BCUT2D eigenvalue weighted by Crippen LogP contribution is 2.29. The van der Waals surface area contributed by atoms with Crippen LogP contribution in [-0.2, 0) is 4.74 Å². The van der Waals surface area contributed by atoms with Gasteiger partial charge in [-0.05, 0) is 79.7 Å². The molecule has 0 atom stereocenters. The first-order valence-corrected chi connectivity index (χ1v) is 12.7. The fourth-order valence-electron chi connectivity index (χ4n) is 4.28. The van der Waals surface area contributed by atoms with E-state index in [1.54, 1.807) is 18.2 Å². The van der Waals surface area contributed by atoms with E-state index in [-0.39, 0.29) is 16.9 Å². The zero-order valence-corrected chi connectivity index (χ0v) is 22.4. The third-order valence-electron chi connectivity index (χ3n) is 6.59. The summed E-state index contributed by atoms with van der Waals surface area (Å²) in [4.78, 5) is 41.8. The van der Waals surface area contributed by atoms with E-state index in [0.717, 1.165) is 16.8 Å². The normalized spacial score (nSPS) is 13.0. The Labute approximate surface area is 227 Å². The van der Waals surface area contributed by atoms with E-state index < -0.39 is 5.97 Å². The van der Waals surface area contributed by atoms with Crippen molar-refractivity contribution in [1.29, 1.82) is 0 Å². The van der Waals surface area contributed by atoms with Crippen molar-refractivity contribution in [2.24, 2.45) is 0 Å². The van der Waals surface area contributed by atoms with E-state index in [4.69, 9.17) is 17.0 Å². The molecular formula is C29H30N4O4S. The van der Waals surface area contributed by atoms with Crippen LogP contribution >= 0.6 is 12.2 Å². The second kappa shape index (κ2) is 11.9. The van der Waals surface area contributed by atoms with Gasteiger partial charge in [0, 0.05) is 37.3 Å². The number of piperazine rings is 1. The van der Waals surface area contributed by atoms with E-state index in [1.165, 1.54) is 7.11 Å². The van der Waals surface area contributed by atoms with Crippen LogP contribution in [0.1, 0.15) is 42.2 Å². The van der Waals surface area contributed by atoms with E-state index in [2.05, 4.69) is 15.5 Å². The van der Waals surface area contributed by atoms with Gasteiger partial charge in [-0.2, -0.15) is 0 Å². The summed E-state index contributed by atoms with van der Waals surface area (Å²) in [7, 11) is 1.32. The molecule has 38 heavy (non-hydrogen) atoms. The molecule has 3 aromatic carbocycles. The second-order valence-corrected chi connectivity index (χ2v) is 9.48. The molecule has 1 aliphatic heterocycles. The SMILES string of the molecule is COC(=O)c1ccc(N2CCN(C(=O)c3ccccc3)CC2)c(NC(=S)NC(=O)c2ccc(C)c(C)c2)c1. The predicted molar refractivity (Wildman–Crippen MR) is 152 cm³/mol. The number of benzene rings is 3. The van der Waals surface area contributed by atoms with Crippen LogP contribution in [0.3, 0.4) is 0 Å². The molecule has 3 aromatic rings. The van der Waals surface area contributed by atoms with E-state index in [1.807, 2.05) is 67.3 Å². The van der Waals surface area contributed by atoms with Crippen LogP contribution in [0.5, 0.6) is 0 Å². The number of hydrogen-bond donors (Lipinski definition) is 2. The molecule has 0 aromatic heterocycles. The Balaban J connectivity index is 1.49. The number of carbonyl (C=O) groups excluding carboxylic acids is 3. The number of nitrogens with one attached hydrogen (secondary N) is 2. The summed E-state index contributed by atoms with van der Waals surface area (Å²) in [6.45, 7) is 6.19. The lowest BCUT2D eigenvalue weighted by molar-refractivity contribution is 0.0600. The number of nitrogens with zero attached hydrogens (tertiary/aromatic N) is 2. The molecule has 0 radical (unpaired) electrons. The second-order valence-electron chi connectivity index (χ2n) is 9.08. The highest BCUT2D eigenvalue weighted by atomic mass is 32.1. The third kappa shape index (κ3) is 6.18. The maximum absolute atomic E-state index is 12.9. The van der Waals surface area contributed by atoms with Crippen LogP contribution < -0.4 is 15.5 Å². The molecule has 1 saturated heterocycles. The smallest absolute Gasteiger partial charge is 0.337 e. The van der Waals surface area contributed by atoms with Crippen molar-refractivity contribution in [3.63, 3.8) is 0 Å². The molecule has 4 rings (SSSR count). The van der Waals surface area contributed by atoms with E-state index >= 15 is 0 Å². The van der Waals surface area contributed by atoms with Crippen molar-refractivity contribution >= 4 is 46.5 Å². The number of carbonyl (C=O) groups is 3. The Hall–Kier alpha value is -4.24. The van der Waals surface area contributed by atoms with Crippen LogP contribution in [0.25, 0.3) is 0 Å². The van der Waals surface area contributed by atoms with Crippen LogP contribution in [0.15, 0.2) is 66.7 Å². The molecule has 0 unspecified atom stereocenters. The highest BCUT2D eigenvalue weighted by Gasteiger charge is 2.24. The average Bonchev–Trinajstić information content (AvgIpc) is 2.94.